The molecule has 6 heteroatoms. The van der Waals surface area contributed by atoms with E-state index < -0.39 is 6.09 Å². The van der Waals surface area contributed by atoms with Crippen molar-refractivity contribution in [3.63, 3.8) is 0 Å². The van der Waals surface area contributed by atoms with E-state index >= 15 is 0 Å². The fraction of sp³-hybridized carbons (Fsp3) is 0.333. The zero-order valence-corrected chi connectivity index (χ0v) is 10.0. The molecule has 1 rings (SSSR count). The van der Waals surface area contributed by atoms with Crippen molar-refractivity contribution in [2.45, 2.75) is 12.9 Å². The number of hydrogen-bond acceptors (Lipinski definition) is 3. The average Bonchev–Trinajstić information content (AvgIpc) is 2.42. The zero-order chi connectivity index (χ0) is 13.2. The largest absolute Gasteiger partial charge is 0.445 e. The molecule has 0 saturated carbocycles. The Morgan fingerprint density at radius 3 is 2.44 bits per heavy atom. The lowest BCUT2D eigenvalue weighted by atomic mass is 10.1. The van der Waals surface area contributed by atoms with Gasteiger partial charge in [-0.25, -0.2) is 4.79 Å². The third-order valence-electron chi connectivity index (χ3n) is 2.11. The van der Waals surface area contributed by atoms with Crippen molar-refractivity contribution in [1.29, 1.82) is 0 Å². The molecule has 1 aromatic rings. The van der Waals surface area contributed by atoms with Crippen LogP contribution in [0.1, 0.15) is 5.56 Å². The number of benzene rings is 1. The fourth-order valence-electron chi connectivity index (χ4n) is 1.21. The maximum atomic E-state index is 11.3. The quantitative estimate of drug-likeness (QED) is 0.571. The van der Waals surface area contributed by atoms with Crippen molar-refractivity contribution >= 4 is 19.8 Å². The molecule has 0 atom stereocenters. The van der Waals surface area contributed by atoms with Gasteiger partial charge in [0.25, 0.3) is 0 Å². The number of alkyl carbamates (subject to hydrolysis) is 1. The normalized spacial score (nSPS) is 9.56. The Hall–Kier alpha value is -1.98. The second-order valence-electron chi connectivity index (χ2n) is 3.54. The summed E-state index contributed by atoms with van der Waals surface area (Å²) in [5.74, 6) is -0.255. The summed E-state index contributed by atoms with van der Waals surface area (Å²) < 4.78 is 4.97. The first-order valence-corrected chi connectivity index (χ1v) is 5.63. The predicted molar refractivity (Wildman–Crippen MR) is 68.2 cm³/mol. The number of carbonyl (C=O) groups is 2. The Kier molecular flexibility index (Phi) is 6.39. The van der Waals surface area contributed by atoms with Crippen LogP contribution in [0.4, 0.5) is 4.79 Å². The lowest BCUT2D eigenvalue weighted by Gasteiger charge is -2.07. The van der Waals surface area contributed by atoms with E-state index in [1.807, 2.05) is 30.3 Å². The van der Waals surface area contributed by atoms with Gasteiger partial charge in [-0.05, 0) is 11.9 Å². The number of rotatable bonds is 6. The first kappa shape index (κ1) is 14.1. The molecular weight excluding hydrogens is 231 g/mol. The summed E-state index contributed by atoms with van der Waals surface area (Å²) in [7, 11) is 5.10. The fourth-order valence-corrected chi connectivity index (χ4v) is 1.21. The molecule has 0 aliphatic rings. The van der Waals surface area contributed by atoms with Crippen LogP contribution < -0.4 is 10.6 Å². The Morgan fingerprint density at radius 1 is 1.11 bits per heavy atom. The van der Waals surface area contributed by atoms with E-state index in [9.17, 15) is 9.59 Å². The topological polar surface area (TPSA) is 67.4 Å². The van der Waals surface area contributed by atoms with E-state index in [0.29, 0.717) is 13.1 Å². The molecule has 2 amide bonds. The van der Waals surface area contributed by atoms with Gasteiger partial charge in [0.15, 0.2) is 0 Å². The molecule has 0 heterocycles. The molecule has 0 unspecified atom stereocenters. The number of ether oxygens (including phenoxy) is 1. The van der Waals surface area contributed by atoms with Gasteiger partial charge >= 0.3 is 6.09 Å². The molecule has 0 aliphatic carbocycles. The highest BCUT2D eigenvalue weighted by atomic mass is 16.5. The van der Waals surface area contributed by atoms with E-state index in [2.05, 4.69) is 10.6 Å². The Balaban J connectivity index is 2.09. The molecule has 18 heavy (non-hydrogen) atoms. The van der Waals surface area contributed by atoms with E-state index in [-0.39, 0.29) is 18.8 Å². The molecule has 5 nitrogen and oxygen atoms in total. The second kappa shape index (κ2) is 8.17. The van der Waals surface area contributed by atoms with Crippen LogP contribution >= 0.6 is 0 Å². The zero-order valence-electron chi connectivity index (χ0n) is 10.0. The number of hydrogen-bond donors (Lipinski definition) is 2. The first-order valence-electron chi connectivity index (χ1n) is 5.63. The molecule has 0 aliphatic heterocycles. The molecule has 94 valence electrons. The van der Waals surface area contributed by atoms with Crippen LogP contribution in [0, 0.1) is 0 Å². The summed E-state index contributed by atoms with van der Waals surface area (Å²) in [4.78, 5) is 22.0. The third kappa shape index (κ3) is 5.93. The van der Waals surface area contributed by atoms with Gasteiger partial charge < -0.3 is 15.4 Å². The Labute approximate surface area is 107 Å². The second-order valence-corrected chi connectivity index (χ2v) is 3.54. The highest BCUT2D eigenvalue weighted by Gasteiger charge is 2.02. The number of carbonyl (C=O) groups excluding carboxylic acids is 2. The average molecular weight is 246 g/mol. The van der Waals surface area contributed by atoms with Gasteiger partial charge in [-0.2, -0.15) is 0 Å². The van der Waals surface area contributed by atoms with Gasteiger partial charge in [-0.15, -0.1) is 0 Å². The van der Waals surface area contributed by atoms with E-state index in [0.717, 1.165) is 5.56 Å². The number of amides is 2. The monoisotopic (exact) mass is 246 g/mol. The lowest BCUT2D eigenvalue weighted by Crippen LogP contribution is -2.34. The smallest absolute Gasteiger partial charge is 0.407 e. The van der Waals surface area contributed by atoms with Crippen molar-refractivity contribution in [2.24, 2.45) is 0 Å². The van der Waals surface area contributed by atoms with Crippen molar-refractivity contribution < 1.29 is 14.3 Å². The van der Waals surface area contributed by atoms with Gasteiger partial charge in [0.2, 0.25) is 5.91 Å². The highest BCUT2D eigenvalue weighted by molar-refractivity contribution is 6.19. The van der Waals surface area contributed by atoms with Gasteiger partial charge in [0, 0.05) is 13.1 Å². The van der Waals surface area contributed by atoms with Crippen LogP contribution in [0.2, 0.25) is 6.32 Å². The minimum absolute atomic E-state index is 0.0571. The SMILES string of the molecule is [B]CC(=O)NCCNC(=O)OCc1ccccc1. The third-order valence-corrected chi connectivity index (χ3v) is 2.11. The van der Waals surface area contributed by atoms with Gasteiger partial charge in [0.05, 0.1) is 7.85 Å². The lowest BCUT2D eigenvalue weighted by molar-refractivity contribution is -0.118. The van der Waals surface area contributed by atoms with Gasteiger partial charge in [0.1, 0.15) is 6.61 Å². The summed E-state index contributed by atoms with van der Waals surface area (Å²) in [5, 5.41) is 5.04. The van der Waals surface area contributed by atoms with Gasteiger partial charge in [-0.3, -0.25) is 4.79 Å². The molecule has 0 fully saturated rings. The van der Waals surface area contributed by atoms with Gasteiger partial charge in [-0.1, -0.05) is 30.3 Å². The summed E-state index contributed by atoms with van der Waals surface area (Å²) in [5.41, 5.74) is 0.920. The van der Waals surface area contributed by atoms with Crippen LogP contribution in [0.15, 0.2) is 30.3 Å². The van der Waals surface area contributed by atoms with Crippen LogP contribution in [0.5, 0.6) is 0 Å². The van der Waals surface area contributed by atoms with E-state index in [1.54, 1.807) is 0 Å². The van der Waals surface area contributed by atoms with E-state index in [4.69, 9.17) is 12.6 Å². The first-order chi connectivity index (χ1) is 8.72. The molecule has 1 aromatic carbocycles. The molecule has 0 saturated heterocycles. The molecular formula is C12H15BN2O3. The maximum absolute atomic E-state index is 11.3. The summed E-state index contributed by atoms with van der Waals surface area (Å²) in [6.45, 7) is 0.859. The molecule has 0 spiro atoms. The van der Waals surface area contributed by atoms with Crippen LogP contribution in [0.3, 0.4) is 0 Å². The minimum Gasteiger partial charge on any atom is -0.445 e. The summed E-state index contributed by atoms with van der Waals surface area (Å²) >= 11 is 0. The van der Waals surface area contributed by atoms with E-state index in [1.165, 1.54) is 0 Å². The van der Waals surface area contributed by atoms with Crippen LogP contribution in [-0.4, -0.2) is 32.9 Å². The molecule has 0 bridgehead atoms. The highest BCUT2D eigenvalue weighted by Crippen LogP contribution is 2.00. The van der Waals surface area contributed by atoms with Crippen molar-refractivity contribution in [3.8, 4) is 0 Å². The predicted octanol–water partition coefficient (Wildman–Crippen LogP) is 0.616. The molecule has 2 radical (unpaired) electrons. The van der Waals surface area contributed by atoms with Crippen molar-refractivity contribution in [2.75, 3.05) is 13.1 Å². The summed E-state index contributed by atoms with van der Waals surface area (Å²) in [6, 6.07) is 9.38. The minimum atomic E-state index is -0.513. The van der Waals surface area contributed by atoms with Crippen molar-refractivity contribution in [1.82, 2.24) is 10.6 Å². The summed E-state index contributed by atoms with van der Waals surface area (Å²) in [6.07, 6.45) is -0.570. The van der Waals surface area contributed by atoms with Crippen LogP contribution in [-0.2, 0) is 16.1 Å². The molecule has 0 aromatic heterocycles. The standard InChI is InChI=1S/C12H15BN2O3/c13-8-11(16)14-6-7-15-12(17)18-9-10-4-2-1-3-5-10/h1-5H,6-9H2,(H,14,16)(H,15,17). The Bertz CT molecular complexity index is 384. The van der Waals surface area contributed by atoms with Crippen molar-refractivity contribution in [3.05, 3.63) is 35.9 Å². The maximum Gasteiger partial charge on any atom is 0.407 e. The van der Waals surface area contributed by atoms with Crippen LogP contribution in [0.25, 0.3) is 0 Å². The number of nitrogens with one attached hydrogen (secondary N) is 2. The Morgan fingerprint density at radius 2 is 1.78 bits per heavy atom. The molecule has 2 N–H and O–H groups in total.